The summed E-state index contributed by atoms with van der Waals surface area (Å²) in [5.41, 5.74) is 4.42. The first-order chi connectivity index (χ1) is 13.5. The number of likely N-dealkylation sites (tertiary alicyclic amines) is 1. The summed E-state index contributed by atoms with van der Waals surface area (Å²) in [5, 5.41) is 11.8. The van der Waals surface area contributed by atoms with Gasteiger partial charge in [-0.2, -0.15) is 0 Å². The van der Waals surface area contributed by atoms with Gasteiger partial charge in [-0.1, -0.05) is 24.6 Å². The number of phenolic OH excluding ortho intramolecular Hbond substituents is 1. The monoisotopic (exact) mass is 440 g/mol. The second-order valence-corrected chi connectivity index (χ2v) is 8.46. The standard InChI is InChI=1S/C23H25BrN2O2/c1-15-21(16(2)27)22-18(14-25-11-7-4-8-12-25)23(28)19(24)13-20(22)26(15)17-9-5-3-6-10-17/h3,5-6,9-10,13,28H,4,7-8,11-12,14H2,1-2H3. The van der Waals surface area contributed by atoms with Gasteiger partial charge in [0.2, 0.25) is 0 Å². The van der Waals surface area contributed by atoms with Crippen LogP contribution in [0.25, 0.3) is 16.6 Å². The van der Waals surface area contributed by atoms with Crippen LogP contribution in [0.2, 0.25) is 0 Å². The third-order valence-corrected chi connectivity index (χ3v) is 6.32. The first-order valence-corrected chi connectivity index (χ1v) is 10.6. The number of carbonyl (C=O) groups is 1. The Morgan fingerprint density at radius 2 is 1.82 bits per heavy atom. The molecule has 28 heavy (non-hydrogen) atoms. The summed E-state index contributed by atoms with van der Waals surface area (Å²) >= 11 is 3.54. The first kappa shape index (κ1) is 19.2. The molecule has 0 aliphatic carbocycles. The number of nitrogens with zero attached hydrogens (tertiary/aromatic N) is 2. The van der Waals surface area contributed by atoms with Crippen LogP contribution in [0.4, 0.5) is 0 Å². The van der Waals surface area contributed by atoms with Crippen LogP contribution < -0.4 is 0 Å². The van der Waals surface area contributed by atoms with Crippen molar-refractivity contribution in [3.05, 3.63) is 57.7 Å². The fourth-order valence-corrected chi connectivity index (χ4v) is 4.90. The lowest BCUT2D eigenvalue weighted by atomic mass is 10.00. The molecule has 3 aromatic rings. The quantitative estimate of drug-likeness (QED) is 0.537. The topological polar surface area (TPSA) is 45.5 Å². The van der Waals surface area contributed by atoms with E-state index in [2.05, 4.69) is 25.4 Å². The van der Waals surface area contributed by atoms with Gasteiger partial charge < -0.3 is 9.67 Å². The van der Waals surface area contributed by atoms with Gasteiger partial charge in [0, 0.05) is 34.4 Å². The number of piperidine rings is 1. The summed E-state index contributed by atoms with van der Waals surface area (Å²) < 4.78 is 2.78. The van der Waals surface area contributed by atoms with Crippen LogP contribution in [0, 0.1) is 6.92 Å². The Labute approximate surface area is 173 Å². The van der Waals surface area contributed by atoms with Gasteiger partial charge in [0.1, 0.15) is 5.75 Å². The number of rotatable bonds is 4. The lowest BCUT2D eigenvalue weighted by molar-refractivity contribution is 0.101. The van der Waals surface area contributed by atoms with Crippen molar-refractivity contribution in [3.8, 4) is 11.4 Å². The highest BCUT2D eigenvalue weighted by Gasteiger charge is 2.25. The SMILES string of the molecule is CC(=O)c1c(C)n(-c2ccccc2)c2cc(Br)c(O)c(CN3CCCCC3)c12. The van der Waals surface area contributed by atoms with Crippen LogP contribution in [0.5, 0.6) is 5.75 Å². The molecule has 4 nitrogen and oxygen atoms in total. The molecular formula is C23H25BrN2O2. The average Bonchev–Trinajstić information content (AvgIpc) is 2.98. The van der Waals surface area contributed by atoms with Gasteiger partial charge in [-0.05, 0) is 73.9 Å². The molecule has 1 saturated heterocycles. The minimum atomic E-state index is 0.0267. The Balaban J connectivity index is 2.01. The van der Waals surface area contributed by atoms with E-state index in [0.29, 0.717) is 16.6 Å². The number of hydrogen-bond acceptors (Lipinski definition) is 3. The van der Waals surface area contributed by atoms with Crippen molar-refractivity contribution < 1.29 is 9.90 Å². The number of hydrogen-bond donors (Lipinski definition) is 1. The third-order valence-electron chi connectivity index (χ3n) is 5.72. The zero-order valence-corrected chi connectivity index (χ0v) is 17.9. The molecule has 1 aromatic heterocycles. The number of para-hydroxylation sites is 1. The minimum Gasteiger partial charge on any atom is -0.506 e. The highest BCUT2D eigenvalue weighted by Crippen LogP contribution is 2.41. The molecule has 0 unspecified atom stereocenters. The summed E-state index contributed by atoms with van der Waals surface area (Å²) in [6, 6.07) is 12.0. The predicted octanol–water partition coefficient (Wildman–Crippen LogP) is 5.60. The number of benzene rings is 2. The van der Waals surface area contributed by atoms with E-state index in [0.717, 1.165) is 40.9 Å². The van der Waals surface area contributed by atoms with Crippen molar-refractivity contribution in [1.82, 2.24) is 9.47 Å². The molecule has 4 rings (SSSR count). The molecule has 146 valence electrons. The lowest BCUT2D eigenvalue weighted by Crippen LogP contribution is -2.29. The summed E-state index contributed by atoms with van der Waals surface area (Å²) in [4.78, 5) is 15.0. The van der Waals surface area contributed by atoms with Crippen molar-refractivity contribution in [2.24, 2.45) is 0 Å². The number of aromatic hydroxyl groups is 1. The van der Waals surface area contributed by atoms with E-state index in [-0.39, 0.29) is 11.5 Å². The number of ketones is 1. The Morgan fingerprint density at radius 3 is 2.46 bits per heavy atom. The van der Waals surface area contributed by atoms with Crippen LogP contribution >= 0.6 is 15.9 Å². The predicted molar refractivity (Wildman–Crippen MR) is 117 cm³/mol. The van der Waals surface area contributed by atoms with Crippen molar-refractivity contribution in [2.45, 2.75) is 39.7 Å². The molecule has 1 aliphatic rings. The number of aromatic nitrogens is 1. The van der Waals surface area contributed by atoms with Crippen LogP contribution in [-0.4, -0.2) is 33.4 Å². The van der Waals surface area contributed by atoms with Gasteiger partial charge in [-0.25, -0.2) is 0 Å². The molecule has 1 N–H and O–H groups in total. The second kappa shape index (κ2) is 7.72. The maximum atomic E-state index is 12.6. The van der Waals surface area contributed by atoms with E-state index in [9.17, 15) is 9.90 Å². The molecule has 5 heteroatoms. The van der Waals surface area contributed by atoms with Crippen LogP contribution in [0.3, 0.4) is 0 Å². The smallest absolute Gasteiger partial charge is 0.162 e. The molecular weight excluding hydrogens is 416 g/mol. The molecule has 2 aromatic carbocycles. The van der Waals surface area contributed by atoms with Gasteiger partial charge in [-0.15, -0.1) is 0 Å². The van der Waals surface area contributed by atoms with E-state index in [1.165, 1.54) is 19.3 Å². The summed E-state index contributed by atoms with van der Waals surface area (Å²) in [6.07, 6.45) is 3.63. The van der Waals surface area contributed by atoms with Crippen molar-refractivity contribution in [2.75, 3.05) is 13.1 Å². The highest BCUT2D eigenvalue weighted by molar-refractivity contribution is 9.10. The van der Waals surface area contributed by atoms with Crippen molar-refractivity contribution >= 4 is 32.6 Å². The summed E-state index contributed by atoms with van der Waals surface area (Å²) in [6.45, 7) is 6.31. The maximum absolute atomic E-state index is 12.6. The highest BCUT2D eigenvalue weighted by atomic mass is 79.9. The van der Waals surface area contributed by atoms with Crippen molar-refractivity contribution in [3.63, 3.8) is 0 Å². The molecule has 1 fully saturated rings. The molecule has 0 radical (unpaired) electrons. The average molecular weight is 441 g/mol. The van der Waals surface area contributed by atoms with E-state index in [1.54, 1.807) is 6.92 Å². The molecule has 0 atom stereocenters. The molecule has 0 amide bonds. The van der Waals surface area contributed by atoms with E-state index in [4.69, 9.17) is 0 Å². The van der Waals surface area contributed by atoms with Gasteiger partial charge >= 0.3 is 0 Å². The summed E-state index contributed by atoms with van der Waals surface area (Å²) in [5.74, 6) is 0.268. The Hall–Kier alpha value is -2.11. The minimum absolute atomic E-state index is 0.0267. The van der Waals surface area contributed by atoms with Gasteiger partial charge in [0.15, 0.2) is 5.78 Å². The van der Waals surface area contributed by atoms with E-state index >= 15 is 0 Å². The zero-order valence-electron chi connectivity index (χ0n) is 16.3. The molecule has 1 aliphatic heterocycles. The lowest BCUT2D eigenvalue weighted by Gasteiger charge is -2.27. The zero-order chi connectivity index (χ0) is 19.8. The fraction of sp³-hybridized carbons (Fsp3) is 0.348. The maximum Gasteiger partial charge on any atom is 0.162 e. The number of halogens is 1. The van der Waals surface area contributed by atoms with Crippen LogP contribution in [0.1, 0.15) is 47.8 Å². The van der Waals surface area contributed by atoms with Gasteiger partial charge in [0.25, 0.3) is 0 Å². The number of phenols is 1. The van der Waals surface area contributed by atoms with Crippen LogP contribution in [-0.2, 0) is 6.54 Å². The van der Waals surface area contributed by atoms with E-state index < -0.39 is 0 Å². The van der Waals surface area contributed by atoms with E-state index in [1.807, 2.05) is 43.3 Å². The number of carbonyl (C=O) groups excluding carboxylic acids is 1. The van der Waals surface area contributed by atoms with Crippen molar-refractivity contribution in [1.29, 1.82) is 0 Å². The largest absolute Gasteiger partial charge is 0.506 e. The third kappa shape index (κ3) is 3.27. The second-order valence-electron chi connectivity index (χ2n) is 7.60. The first-order valence-electron chi connectivity index (χ1n) is 9.83. The summed E-state index contributed by atoms with van der Waals surface area (Å²) in [7, 11) is 0. The molecule has 0 bridgehead atoms. The Kier molecular flexibility index (Phi) is 5.30. The van der Waals surface area contributed by atoms with Gasteiger partial charge in [0.05, 0.1) is 9.99 Å². The fourth-order valence-electron chi connectivity index (χ4n) is 4.44. The molecule has 0 spiro atoms. The van der Waals surface area contributed by atoms with Crippen LogP contribution in [0.15, 0.2) is 40.9 Å². The number of Topliss-reactive ketones (excluding diaryl/α,β-unsaturated/α-hetero) is 1. The Morgan fingerprint density at radius 1 is 1.14 bits per heavy atom. The Bertz CT molecular complexity index is 1030. The van der Waals surface area contributed by atoms with Gasteiger partial charge in [-0.3, -0.25) is 9.69 Å². The normalized spacial score (nSPS) is 15.2. The molecule has 0 saturated carbocycles. The molecule has 2 heterocycles. The number of fused-ring (bicyclic) bond motifs is 1.